The molecule has 6 heteroatoms. The van der Waals surface area contributed by atoms with Crippen LogP contribution in [0.1, 0.15) is 64.2 Å². The number of aliphatic hydroxyl groups is 1. The van der Waals surface area contributed by atoms with E-state index in [0.717, 1.165) is 38.5 Å². The molecule has 0 aromatic heterocycles. The molecule has 0 unspecified atom stereocenters. The molecule has 2 saturated carbocycles. The molecule has 23 heavy (non-hydrogen) atoms. The highest BCUT2D eigenvalue weighted by Crippen LogP contribution is 2.28. The van der Waals surface area contributed by atoms with Crippen molar-refractivity contribution in [2.24, 2.45) is 5.92 Å². The van der Waals surface area contributed by atoms with Gasteiger partial charge in [0.1, 0.15) is 0 Å². The van der Waals surface area contributed by atoms with Crippen molar-refractivity contribution in [3.8, 4) is 0 Å². The van der Waals surface area contributed by atoms with Crippen LogP contribution in [0.3, 0.4) is 0 Å². The van der Waals surface area contributed by atoms with Crippen molar-refractivity contribution in [2.45, 2.75) is 75.9 Å². The second kappa shape index (κ2) is 7.99. The van der Waals surface area contributed by atoms with Crippen molar-refractivity contribution >= 4 is 12.0 Å². The number of carboxylic acid groups (broad SMARTS) is 1. The Bertz CT molecular complexity index is 411. The van der Waals surface area contributed by atoms with E-state index in [1.54, 1.807) is 11.9 Å². The number of aliphatic carboxylic acids is 1. The first kappa shape index (κ1) is 18.0. The molecule has 0 spiro atoms. The van der Waals surface area contributed by atoms with Gasteiger partial charge in [0, 0.05) is 13.1 Å². The molecule has 0 aromatic carbocycles. The predicted octanol–water partition coefficient (Wildman–Crippen LogP) is 2.36. The third kappa shape index (κ3) is 5.37. The van der Waals surface area contributed by atoms with Crippen molar-refractivity contribution in [3.05, 3.63) is 0 Å². The van der Waals surface area contributed by atoms with Crippen LogP contribution in [0.5, 0.6) is 0 Å². The van der Waals surface area contributed by atoms with E-state index in [9.17, 15) is 14.7 Å². The van der Waals surface area contributed by atoms with Gasteiger partial charge < -0.3 is 20.4 Å². The van der Waals surface area contributed by atoms with Crippen molar-refractivity contribution < 1.29 is 19.8 Å². The number of amides is 2. The molecule has 2 aliphatic rings. The monoisotopic (exact) mass is 326 g/mol. The van der Waals surface area contributed by atoms with E-state index in [1.165, 1.54) is 0 Å². The number of likely N-dealkylation sites (N-methyl/N-ethyl adjacent to an activating group) is 1. The van der Waals surface area contributed by atoms with Crippen molar-refractivity contribution in [1.82, 2.24) is 10.2 Å². The molecule has 0 aromatic rings. The summed E-state index contributed by atoms with van der Waals surface area (Å²) < 4.78 is 0. The first-order chi connectivity index (χ1) is 10.9. The number of nitrogens with zero attached hydrogens (tertiary/aromatic N) is 1. The standard InChI is InChI=1S/C17H30N2O4/c1-19(12-17(23)10-4-2-3-5-11-17)16(22)18-14-8-6-13(7-9-14)15(20)21/h13-14,23H,2-12H2,1H3,(H,18,22)(H,20,21). The fourth-order valence-electron chi connectivity index (χ4n) is 3.83. The maximum Gasteiger partial charge on any atom is 0.317 e. The zero-order valence-electron chi connectivity index (χ0n) is 14.1. The van der Waals surface area contributed by atoms with Gasteiger partial charge >= 0.3 is 12.0 Å². The summed E-state index contributed by atoms with van der Waals surface area (Å²) >= 11 is 0. The Morgan fingerprint density at radius 2 is 1.65 bits per heavy atom. The highest BCUT2D eigenvalue weighted by Gasteiger charge is 2.32. The van der Waals surface area contributed by atoms with Crippen LogP contribution in [0.2, 0.25) is 0 Å². The molecule has 6 nitrogen and oxygen atoms in total. The highest BCUT2D eigenvalue weighted by atomic mass is 16.4. The molecule has 0 bridgehead atoms. The van der Waals surface area contributed by atoms with Gasteiger partial charge in [-0.1, -0.05) is 25.7 Å². The van der Waals surface area contributed by atoms with Crippen LogP contribution in [-0.2, 0) is 4.79 Å². The maximum atomic E-state index is 12.3. The number of hydrogen-bond acceptors (Lipinski definition) is 3. The minimum absolute atomic E-state index is 0.0457. The van der Waals surface area contributed by atoms with E-state index in [2.05, 4.69) is 5.32 Å². The second-order valence-electron chi connectivity index (χ2n) is 7.33. The number of carboxylic acids is 1. The van der Waals surface area contributed by atoms with Crippen molar-refractivity contribution in [2.75, 3.05) is 13.6 Å². The molecule has 0 aliphatic heterocycles. The molecule has 2 aliphatic carbocycles. The lowest BCUT2D eigenvalue weighted by atomic mass is 9.86. The Balaban J connectivity index is 1.77. The van der Waals surface area contributed by atoms with E-state index in [1.807, 2.05) is 0 Å². The van der Waals surface area contributed by atoms with Crippen LogP contribution in [0.15, 0.2) is 0 Å². The zero-order valence-corrected chi connectivity index (χ0v) is 14.1. The van der Waals surface area contributed by atoms with Gasteiger partial charge in [-0.2, -0.15) is 0 Å². The summed E-state index contributed by atoms with van der Waals surface area (Å²) in [6.07, 6.45) is 8.53. The minimum atomic E-state index is -0.760. The molecule has 2 rings (SSSR count). The van der Waals surface area contributed by atoms with Gasteiger partial charge in [-0.05, 0) is 38.5 Å². The first-order valence-corrected chi connectivity index (χ1v) is 8.86. The van der Waals surface area contributed by atoms with Crippen LogP contribution in [0, 0.1) is 5.92 Å². The van der Waals surface area contributed by atoms with Gasteiger partial charge in [-0.15, -0.1) is 0 Å². The number of carbonyl (C=O) groups is 2. The third-order valence-corrected chi connectivity index (χ3v) is 5.32. The summed E-state index contributed by atoms with van der Waals surface area (Å²) in [5.74, 6) is -1.00. The molecular weight excluding hydrogens is 296 g/mol. The average molecular weight is 326 g/mol. The zero-order chi connectivity index (χ0) is 16.9. The quantitative estimate of drug-likeness (QED) is 0.692. The summed E-state index contributed by atoms with van der Waals surface area (Å²) in [6.45, 7) is 0.364. The highest BCUT2D eigenvalue weighted by molar-refractivity contribution is 5.74. The largest absolute Gasteiger partial charge is 0.481 e. The molecule has 2 amide bonds. The molecule has 0 radical (unpaired) electrons. The second-order valence-corrected chi connectivity index (χ2v) is 7.33. The molecule has 2 fully saturated rings. The third-order valence-electron chi connectivity index (χ3n) is 5.32. The summed E-state index contributed by atoms with van der Waals surface area (Å²) in [4.78, 5) is 24.8. The summed E-state index contributed by atoms with van der Waals surface area (Å²) in [7, 11) is 1.72. The van der Waals surface area contributed by atoms with Crippen molar-refractivity contribution in [3.63, 3.8) is 0 Å². The van der Waals surface area contributed by atoms with Gasteiger partial charge in [0.25, 0.3) is 0 Å². The SMILES string of the molecule is CN(CC1(O)CCCCCC1)C(=O)NC1CCC(C(=O)O)CC1. The Labute approximate surface area is 138 Å². The fraction of sp³-hybridized carbons (Fsp3) is 0.882. The van der Waals surface area contributed by atoms with Gasteiger partial charge in [0.05, 0.1) is 18.1 Å². The van der Waals surface area contributed by atoms with E-state index in [4.69, 9.17) is 5.11 Å². The lowest BCUT2D eigenvalue weighted by Gasteiger charge is -2.33. The number of hydrogen-bond donors (Lipinski definition) is 3. The number of carbonyl (C=O) groups excluding carboxylic acids is 1. The topological polar surface area (TPSA) is 89.9 Å². The van der Waals surface area contributed by atoms with E-state index in [0.29, 0.717) is 32.2 Å². The van der Waals surface area contributed by atoms with E-state index in [-0.39, 0.29) is 18.0 Å². The van der Waals surface area contributed by atoms with Crippen LogP contribution in [0.4, 0.5) is 4.79 Å². The maximum absolute atomic E-state index is 12.3. The van der Waals surface area contributed by atoms with E-state index >= 15 is 0 Å². The molecule has 0 saturated heterocycles. The van der Waals surface area contributed by atoms with Gasteiger partial charge in [0.2, 0.25) is 0 Å². The van der Waals surface area contributed by atoms with Crippen LogP contribution >= 0.6 is 0 Å². The lowest BCUT2D eigenvalue weighted by molar-refractivity contribution is -0.142. The fourth-order valence-corrected chi connectivity index (χ4v) is 3.83. The van der Waals surface area contributed by atoms with Crippen LogP contribution < -0.4 is 5.32 Å². The number of nitrogens with one attached hydrogen (secondary N) is 1. The Kier molecular flexibility index (Phi) is 6.27. The lowest BCUT2D eigenvalue weighted by Crippen LogP contribution is -2.50. The van der Waals surface area contributed by atoms with Gasteiger partial charge in [-0.25, -0.2) is 4.79 Å². The number of rotatable bonds is 4. The smallest absolute Gasteiger partial charge is 0.317 e. The Morgan fingerprint density at radius 3 is 2.17 bits per heavy atom. The minimum Gasteiger partial charge on any atom is -0.481 e. The van der Waals surface area contributed by atoms with E-state index < -0.39 is 11.6 Å². The summed E-state index contributed by atoms with van der Waals surface area (Å²) in [5.41, 5.74) is -0.760. The predicted molar refractivity (Wildman–Crippen MR) is 87.2 cm³/mol. The molecule has 132 valence electrons. The number of urea groups is 1. The normalized spacial score (nSPS) is 27.7. The Hall–Kier alpha value is -1.30. The molecule has 0 atom stereocenters. The molecule has 3 N–H and O–H groups in total. The van der Waals surface area contributed by atoms with Gasteiger partial charge in [0.15, 0.2) is 0 Å². The van der Waals surface area contributed by atoms with Gasteiger partial charge in [-0.3, -0.25) is 4.79 Å². The first-order valence-electron chi connectivity index (χ1n) is 8.86. The average Bonchev–Trinajstić information content (AvgIpc) is 2.72. The molecule has 0 heterocycles. The summed E-state index contributed by atoms with van der Waals surface area (Å²) in [6, 6.07) is -0.120. The molecular formula is C17H30N2O4. The van der Waals surface area contributed by atoms with Crippen molar-refractivity contribution in [1.29, 1.82) is 0 Å². The Morgan fingerprint density at radius 1 is 1.09 bits per heavy atom. The summed E-state index contributed by atoms with van der Waals surface area (Å²) in [5, 5.41) is 22.7. The van der Waals surface area contributed by atoms with Crippen LogP contribution in [-0.4, -0.2) is 52.3 Å². The van der Waals surface area contributed by atoms with Crippen LogP contribution in [0.25, 0.3) is 0 Å².